The maximum absolute atomic E-state index is 14.3. The van der Waals surface area contributed by atoms with E-state index < -0.39 is 5.41 Å². The topological polar surface area (TPSA) is 78.2 Å². The van der Waals surface area contributed by atoms with Gasteiger partial charge in [-0.1, -0.05) is 54.5 Å². The smallest absolute Gasteiger partial charge is 0.228 e. The standard InChI is InChI=1S/C31H44N2O3.C2H6/c1-18-20-8-10-29(4)21-9-11-31(27(36)33(6)7)13-12-28(2,3)16-22(31)25(21)23(34)14-24(29)30(20,5)15-19(17-32)26(18)35;1-2/h15,18,20-22,24-25H,8-14,16H2,1-7H3;1-2H3. The van der Waals surface area contributed by atoms with Gasteiger partial charge < -0.3 is 4.90 Å². The molecule has 5 aliphatic rings. The van der Waals surface area contributed by atoms with Gasteiger partial charge in [0.25, 0.3) is 0 Å². The minimum atomic E-state index is -0.417. The van der Waals surface area contributed by atoms with Crippen LogP contribution in [0.4, 0.5) is 0 Å². The number of fused-ring (bicyclic) bond motifs is 7. The maximum atomic E-state index is 14.3. The van der Waals surface area contributed by atoms with Gasteiger partial charge in [0.15, 0.2) is 5.78 Å². The average Bonchev–Trinajstić information content (AvgIpc) is 2.87. The zero-order chi connectivity index (χ0) is 28.4. The summed E-state index contributed by atoms with van der Waals surface area (Å²) in [6.07, 6.45) is 9.08. The number of nitriles is 1. The van der Waals surface area contributed by atoms with E-state index in [1.807, 2.05) is 40.9 Å². The Bertz CT molecular complexity index is 1080. The highest BCUT2D eigenvalue weighted by molar-refractivity contribution is 6.01. The molecule has 38 heavy (non-hydrogen) atoms. The summed E-state index contributed by atoms with van der Waals surface area (Å²) in [6.45, 7) is 15.2. The van der Waals surface area contributed by atoms with Gasteiger partial charge in [-0.05, 0) is 84.9 Å². The van der Waals surface area contributed by atoms with Crippen molar-refractivity contribution in [1.29, 1.82) is 5.26 Å². The van der Waals surface area contributed by atoms with Crippen molar-refractivity contribution in [3.05, 3.63) is 11.6 Å². The van der Waals surface area contributed by atoms with Crippen LogP contribution in [0.2, 0.25) is 0 Å². The molecule has 0 radical (unpaired) electrons. The van der Waals surface area contributed by atoms with Crippen molar-refractivity contribution in [1.82, 2.24) is 4.90 Å². The Hall–Kier alpha value is -1.96. The number of allylic oxidation sites excluding steroid dienone is 2. The molecule has 0 heterocycles. The minimum absolute atomic E-state index is 0.0299. The number of amides is 1. The van der Waals surface area contributed by atoms with E-state index in [9.17, 15) is 19.6 Å². The van der Waals surface area contributed by atoms with Gasteiger partial charge in [-0.2, -0.15) is 5.26 Å². The molecule has 0 bridgehead atoms. The first kappa shape index (κ1) is 29.0. The van der Waals surface area contributed by atoms with E-state index in [1.165, 1.54) is 0 Å². The van der Waals surface area contributed by atoms with Gasteiger partial charge in [-0.15, -0.1) is 0 Å². The summed E-state index contributed by atoms with van der Waals surface area (Å²) in [7, 11) is 3.74. The fraction of sp³-hybridized carbons (Fsp3) is 0.818. The number of hydrogen-bond donors (Lipinski definition) is 0. The summed E-state index contributed by atoms with van der Waals surface area (Å²) in [6, 6.07) is 2.18. The van der Waals surface area contributed by atoms with E-state index in [2.05, 4.69) is 33.8 Å². The van der Waals surface area contributed by atoms with Crippen LogP contribution in [0.3, 0.4) is 0 Å². The molecule has 0 aromatic heterocycles. The summed E-state index contributed by atoms with van der Waals surface area (Å²) < 4.78 is 0. The van der Waals surface area contributed by atoms with Crippen molar-refractivity contribution in [2.75, 3.05) is 14.1 Å². The maximum Gasteiger partial charge on any atom is 0.228 e. The summed E-state index contributed by atoms with van der Waals surface area (Å²) in [5.74, 6) is 0.947. The number of carbonyl (C=O) groups excluding carboxylic acids is 3. The highest BCUT2D eigenvalue weighted by atomic mass is 16.2. The second kappa shape index (κ2) is 9.60. The number of carbonyl (C=O) groups is 3. The molecule has 0 aliphatic heterocycles. The third-order valence-electron chi connectivity index (χ3n) is 12.2. The molecule has 5 rings (SSSR count). The third kappa shape index (κ3) is 3.95. The van der Waals surface area contributed by atoms with E-state index in [0.717, 1.165) is 44.9 Å². The predicted molar refractivity (Wildman–Crippen MR) is 150 cm³/mol. The van der Waals surface area contributed by atoms with E-state index in [-0.39, 0.29) is 69.0 Å². The average molecular weight is 523 g/mol. The molecule has 0 saturated heterocycles. The Morgan fingerprint density at radius 1 is 0.974 bits per heavy atom. The van der Waals surface area contributed by atoms with Crippen molar-refractivity contribution in [3.8, 4) is 6.07 Å². The van der Waals surface area contributed by atoms with Crippen LogP contribution in [0, 0.1) is 68.5 Å². The Kier molecular flexibility index (Phi) is 7.33. The SMILES string of the molecule is CC.CC1C(=O)C(C#N)=CC2(C)C1CCC1(C)C3CCC4(C(=O)N(C)C)CCC(C)(C)CC4C3C(=O)CC21. The molecule has 5 aliphatic carbocycles. The van der Waals surface area contributed by atoms with Gasteiger partial charge in [0.05, 0.1) is 11.0 Å². The first-order valence-corrected chi connectivity index (χ1v) is 15.1. The van der Waals surface area contributed by atoms with Gasteiger partial charge in [-0.25, -0.2) is 0 Å². The summed E-state index contributed by atoms with van der Waals surface area (Å²) in [5.41, 5.74) is -0.358. The Labute approximate surface area is 230 Å². The lowest BCUT2D eigenvalue weighted by molar-refractivity contribution is -0.191. The first-order valence-electron chi connectivity index (χ1n) is 15.1. The molecule has 0 spiro atoms. The van der Waals surface area contributed by atoms with Crippen molar-refractivity contribution >= 4 is 17.5 Å². The van der Waals surface area contributed by atoms with Crippen LogP contribution >= 0.6 is 0 Å². The van der Waals surface area contributed by atoms with Crippen LogP contribution in [0.25, 0.3) is 0 Å². The highest BCUT2D eigenvalue weighted by Crippen LogP contribution is 2.71. The number of ketones is 2. The normalized spacial score (nSPS) is 45.0. The molecule has 0 aromatic carbocycles. The van der Waals surface area contributed by atoms with Gasteiger partial charge in [0.1, 0.15) is 11.9 Å². The van der Waals surface area contributed by atoms with Crippen LogP contribution in [-0.4, -0.2) is 36.5 Å². The van der Waals surface area contributed by atoms with Crippen LogP contribution in [0.15, 0.2) is 11.6 Å². The fourth-order valence-electron chi connectivity index (χ4n) is 10.3. The van der Waals surface area contributed by atoms with Gasteiger partial charge in [-0.3, -0.25) is 14.4 Å². The molecule has 4 saturated carbocycles. The predicted octanol–water partition coefficient (Wildman–Crippen LogP) is 6.62. The third-order valence-corrected chi connectivity index (χ3v) is 12.2. The Morgan fingerprint density at radius 3 is 2.21 bits per heavy atom. The summed E-state index contributed by atoms with van der Waals surface area (Å²) >= 11 is 0. The molecule has 9 atom stereocenters. The van der Waals surface area contributed by atoms with E-state index >= 15 is 0 Å². The molecule has 1 amide bonds. The lowest BCUT2D eigenvalue weighted by Crippen LogP contribution is -2.65. The van der Waals surface area contributed by atoms with Crippen LogP contribution < -0.4 is 0 Å². The molecular formula is C33H50N2O3. The van der Waals surface area contributed by atoms with Gasteiger partial charge in [0, 0.05) is 32.4 Å². The molecular weight excluding hydrogens is 472 g/mol. The van der Waals surface area contributed by atoms with Crippen molar-refractivity contribution in [2.45, 2.75) is 99.8 Å². The van der Waals surface area contributed by atoms with Crippen molar-refractivity contribution in [2.24, 2.45) is 57.2 Å². The van der Waals surface area contributed by atoms with E-state index in [0.29, 0.717) is 12.2 Å². The largest absolute Gasteiger partial charge is 0.348 e. The Morgan fingerprint density at radius 2 is 1.61 bits per heavy atom. The molecule has 0 aromatic rings. The molecule has 5 nitrogen and oxygen atoms in total. The molecule has 210 valence electrons. The molecule has 0 N–H and O–H groups in total. The number of Topliss-reactive ketones (excluding diaryl/α,β-unsaturated/α-hetero) is 2. The minimum Gasteiger partial charge on any atom is -0.348 e. The summed E-state index contributed by atoms with van der Waals surface area (Å²) in [5, 5.41) is 9.75. The molecule has 4 fully saturated rings. The second-order valence-electron chi connectivity index (χ2n) is 14.6. The quantitative estimate of drug-likeness (QED) is 0.388. The zero-order valence-corrected chi connectivity index (χ0v) is 25.3. The lowest BCUT2D eigenvalue weighted by atomic mass is 9.36. The van der Waals surface area contributed by atoms with Gasteiger partial charge in [0.2, 0.25) is 5.91 Å². The molecule has 5 heteroatoms. The monoisotopic (exact) mass is 522 g/mol. The van der Waals surface area contributed by atoms with Crippen LogP contribution in [-0.2, 0) is 14.4 Å². The molecule has 9 unspecified atom stereocenters. The highest BCUT2D eigenvalue weighted by Gasteiger charge is 2.68. The Balaban J connectivity index is 0.00000164. The zero-order valence-electron chi connectivity index (χ0n) is 25.3. The number of nitrogens with zero attached hydrogens (tertiary/aromatic N) is 2. The van der Waals surface area contributed by atoms with Crippen molar-refractivity contribution < 1.29 is 14.4 Å². The van der Waals surface area contributed by atoms with Gasteiger partial charge >= 0.3 is 0 Å². The summed E-state index contributed by atoms with van der Waals surface area (Å²) in [4.78, 5) is 42.6. The number of hydrogen-bond acceptors (Lipinski definition) is 4. The van der Waals surface area contributed by atoms with Crippen LogP contribution in [0.5, 0.6) is 0 Å². The lowest BCUT2D eigenvalue weighted by Gasteiger charge is -2.67. The fourth-order valence-corrected chi connectivity index (χ4v) is 10.3. The first-order chi connectivity index (χ1) is 17.7. The number of rotatable bonds is 1. The van der Waals surface area contributed by atoms with Crippen molar-refractivity contribution in [3.63, 3.8) is 0 Å². The van der Waals surface area contributed by atoms with E-state index in [4.69, 9.17) is 0 Å². The second-order valence-corrected chi connectivity index (χ2v) is 14.6. The van der Waals surface area contributed by atoms with Crippen LogP contribution in [0.1, 0.15) is 99.8 Å². The van der Waals surface area contributed by atoms with E-state index in [1.54, 1.807) is 4.90 Å².